The van der Waals surface area contributed by atoms with Gasteiger partial charge < -0.3 is 0 Å². The van der Waals surface area contributed by atoms with Gasteiger partial charge in [-0.2, -0.15) is 0 Å². The van der Waals surface area contributed by atoms with Crippen LogP contribution in [0.5, 0.6) is 11.5 Å². The SMILES string of the molecule is C[C@@H](N(C)P(Oc1ccccc1)Oc1ccccc1)[C@@]12[CH]3[CH]4[CH]5[C]1(P(c1ccccc1)c1ccccc1)[Fe]45321678[CH]2[CH]1[CH]6[CH]7[CH]28. The van der Waals surface area contributed by atoms with E-state index in [1.807, 2.05) is 0 Å². The number of benzene rings is 4. The topological polar surface area (TPSA) is 21.7 Å². The predicted molar refractivity (Wildman–Crippen MR) is 173 cm³/mol. The van der Waals surface area contributed by atoms with Crippen molar-refractivity contribution in [2.24, 2.45) is 0 Å². The fourth-order valence-corrected chi connectivity index (χ4v) is 115. The summed E-state index contributed by atoms with van der Waals surface area (Å²) >= 11 is 0. The van der Waals surface area contributed by atoms with E-state index in [4.69, 9.17) is 9.05 Å². The van der Waals surface area contributed by atoms with Crippen molar-refractivity contribution >= 4 is 27.1 Å². The van der Waals surface area contributed by atoms with Gasteiger partial charge in [-0.1, -0.05) is 0 Å². The monoisotopic (exact) mass is 643 g/mol. The summed E-state index contributed by atoms with van der Waals surface area (Å²) in [6, 6.07) is 45.0. The Bertz CT molecular complexity index is 2190. The molecule has 10 aliphatic heterocycles. The summed E-state index contributed by atoms with van der Waals surface area (Å²) in [4.78, 5) is 9.60. The van der Waals surface area contributed by atoms with E-state index in [2.05, 4.69) is 140 Å². The Morgan fingerprint density at radius 3 is 1.42 bits per heavy atom. The zero-order chi connectivity index (χ0) is 28.1. The summed E-state index contributed by atoms with van der Waals surface area (Å²) in [5.41, 5.74) is 0. The van der Waals surface area contributed by atoms with Crippen molar-refractivity contribution in [2.75, 3.05) is 7.05 Å². The number of nitrogens with zero attached hydrogens (tertiary/aromatic N) is 1. The van der Waals surface area contributed by atoms with Crippen LogP contribution in [0.4, 0.5) is 0 Å². The number of para-hydroxylation sites is 2. The van der Waals surface area contributed by atoms with Gasteiger partial charge in [-0.15, -0.1) is 0 Å². The van der Waals surface area contributed by atoms with Crippen molar-refractivity contribution in [3.63, 3.8) is 0 Å². The molecule has 0 aliphatic carbocycles. The summed E-state index contributed by atoms with van der Waals surface area (Å²) < 4.78 is 17.5. The zero-order valence-corrected chi connectivity index (χ0v) is 27.1. The Morgan fingerprint density at radius 1 is 0.605 bits per heavy atom. The first-order valence-electron chi connectivity index (χ1n) is 16.0. The summed E-state index contributed by atoms with van der Waals surface area (Å²) in [5.74, 6) is 1.80. The van der Waals surface area contributed by atoms with Gasteiger partial charge >= 0.3 is 247 Å². The van der Waals surface area contributed by atoms with E-state index in [0.29, 0.717) is 14.4 Å². The Balaban J connectivity index is 0.975. The molecule has 10 fully saturated rings. The molecular weight excluding hydrogens is 608 g/mol. The predicted octanol–water partition coefficient (Wildman–Crippen LogP) is 9.49. The van der Waals surface area contributed by atoms with Gasteiger partial charge in [-0.05, 0) is 0 Å². The Morgan fingerprint density at radius 2 is 1.02 bits per heavy atom. The van der Waals surface area contributed by atoms with Crippen molar-refractivity contribution in [2.45, 2.75) is 59.9 Å². The van der Waals surface area contributed by atoms with Gasteiger partial charge in [0.15, 0.2) is 0 Å². The minimum absolute atomic E-state index is 0.391. The maximum atomic E-state index is 6.83. The second-order valence-electron chi connectivity index (χ2n) is 17.1. The first-order chi connectivity index (χ1) is 20.9. The third-order valence-electron chi connectivity index (χ3n) is 20.5. The van der Waals surface area contributed by atoms with Crippen LogP contribution in [0.2, 0.25) is 42.8 Å². The fraction of sp³-hybridized carbons (Fsp3) is 0.351. The van der Waals surface area contributed by atoms with Crippen LogP contribution >= 0.6 is 16.4 Å². The average Bonchev–Trinajstić information content (AvgIpc) is 4.01. The third-order valence-corrected chi connectivity index (χ3v) is 72.3. The van der Waals surface area contributed by atoms with E-state index in [-0.39, 0.29) is 0 Å². The molecule has 0 bridgehead atoms. The molecule has 0 aromatic heterocycles. The third kappa shape index (κ3) is 0.664. The summed E-state index contributed by atoms with van der Waals surface area (Å²) in [6.07, 6.45) is 0. The average molecular weight is 643 g/mol. The van der Waals surface area contributed by atoms with Gasteiger partial charge in [0.2, 0.25) is 0 Å². The Hall–Kier alpha value is -2.18. The summed E-state index contributed by atoms with van der Waals surface area (Å²) in [7, 11) is 0.649. The van der Waals surface area contributed by atoms with Crippen LogP contribution < -0.4 is 19.7 Å². The standard InChI is InChI=1S/C32H30NO2P2.C5H5.Fe/c1-26(33(2)37(34-27-16-7-3-8-17-27)35-28-18-9-4-10-19-28)31-24-15-25-32(31)36(29-20-11-5-12-21-29)30-22-13-6-14-23-30;1-2-4-5-3-1;/h3-26H,1-2H3;1-5H;/t26-;;/m1../s1. The van der Waals surface area contributed by atoms with Gasteiger partial charge in [0.25, 0.3) is 0 Å². The molecule has 0 amide bonds. The van der Waals surface area contributed by atoms with Crippen LogP contribution in [-0.2, 0) is 6.51 Å². The van der Waals surface area contributed by atoms with E-state index in [1.165, 1.54) is 33.7 Å². The minimum atomic E-state index is -3.91. The molecule has 218 valence electrons. The van der Waals surface area contributed by atoms with Gasteiger partial charge in [0.1, 0.15) is 0 Å². The van der Waals surface area contributed by atoms with E-state index in [0.717, 1.165) is 16.3 Å². The van der Waals surface area contributed by atoms with Crippen LogP contribution in [0.25, 0.3) is 0 Å². The molecule has 0 radical (unpaired) electrons. The van der Waals surface area contributed by atoms with Crippen molar-refractivity contribution in [3.8, 4) is 11.5 Å². The molecule has 4 aromatic carbocycles. The molecule has 10 saturated heterocycles. The molecule has 0 N–H and O–H groups in total. The van der Waals surface area contributed by atoms with E-state index < -0.39 is 23.0 Å². The quantitative estimate of drug-likeness (QED) is 0.127. The summed E-state index contributed by atoms with van der Waals surface area (Å²) in [5, 5.41) is 3.32. The maximum absolute atomic E-state index is 6.83. The van der Waals surface area contributed by atoms with Crippen molar-refractivity contribution in [3.05, 3.63) is 121 Å². The van der Waals surface area contributed by atoms with E-state index in [1.54, 1.807) is 10.6 Å². The van der Waals surface area contributed by atoms with Crippen LogP contribution in [0.15, 0.2) is 121 Å². The molecule has 10 aliphatic rings. The molecule has 4 aromatic rings. The number of hydrogen-bond donors (Lipinski definition) is 0. The Kier molecular flexibility index (Phi) is 2.00. The number of rotatable bonds is 10. The Labute approximate surface area is 246 Å². The summed E-state index contributed by atoms with van der Waals surface area (Å²) in [6.45, 7) is -1.27. The van der Waals surface area contributed by atoms with Crippen molar-refractivity contribution < 1.29 is 15.6 Å². The van der Waals surface area contributed by atoms with Crippen LogP contribution in [0.1, 0.15) is 6.92 Å². The molecule has 14 rings (SSSR count). The molecule has 10 heterocycles. The van der Waals surface area contributed by atoms with E-state index in [9.17, 15) is 0 Å². The number of fused-ring (bicyclic) bond motifs is 10. The molecule has 4 unspecified atom stereocenters. The normalized spacial score (nSPS) is 56.7. The molecule has 0 saturated carbocycles. The van der Waals surface area contributed by atoms with Gasteiger partial charge in [-0.25, -0.2) is 0 Å². The molecule has 43 heavy (non-hydrogen) atoms. The molecular formula is C37H35FeNO2P2. The second kappa shape index (κ2) is 3.85. The first-order valence-corrected chi connectivity index (χ1v) is 24.7. The molecule has 6 atom stereocenters. The fourth-order valence-electron chi connectivity index (χ4n) is 21.8. The van der Waals surface area contributed by atoms with Crippen LogP contribution in [0.3, 0.4) is 0 Å². The van der Waals surface area contributed by atoms with Crippen molar-refractivity contribution in [1.82, 2.24) is 4.67 Å². The molecule has 3 nitrogen and oxygen atoms in total. The zero-order valence-electron chi connectivity index (χ0n) is 24.3. The van der Waals surface area contributed by atoms with Crippen LogP contribution in [-0.4, -0.2) is 21.8 Å². The first kappa shape index (κ1) is 22.3. The van der Waals surface area contributed by atoms with Crippen LogP contribution in [0, 0.1) is 0 Å². The van der Waals surface area contributed by atoms with Gasteiger partial charge in [0.05, 0.1) is 0 Å². The van der Waals surface area contributed by atoms with E-state index >= 15 is 0 Å². The number of hydrogen-bond acceptors (Lipinski definition) is 3. The second-order valence-corrected chi connectivity index (χ2v) is 44.6. The molecule has 6 heteroatoms. The van der Waals surface area contributed by atoms with Crippen molar-refractivity contribution in [1.29, 1.82) is 0 Å². The van der Waals surface area contributed by atoms with Gasteiger partial charge in [0, 0.05) is 0 Å². The van der Waals surface area contributed by atoms with Gasteiger partial charge in [-0.3, -0.25) is 0 Å². The molecule has 1 spiro atoms.